The van der Waals surface area contributed by atoms with Crippen molar-refractivity contribution in [2.75, 3.05) is 20.3 Å². The quantitative estimate of drug-likeness (QED) is 0.244. The molecule has 0 unspecified atom stereocenters. The molecule has 3 aromatic rings. The van der Waals surface area contributed by atoms with E-state index in [1.807, 2.05) is 72.1 Å². The Bertz CT molecular complexity index is 1450. The molecule has 0 aromatic heterocycles. The molecule has 3 aromatic carbocycles. The van der Waals surface area contributed by atoms with Crippen LogP contribution in [0, 0.1) is 5.41 Å². The zero-order valence-electron chi connectivity index (χ0n) is 20.5. The van der Waals surface area contributed by atoms with Crippen LogP contribution in [0.15, 0.2) is 88.8 Å². The van der Waals surface area contributed by atoms with E-state index < -0.39 is 5.91 Å². The van der Waals surface area contributed by atoms with Gasteiger partial charge in [-0.2, -0.15) is 4.99 Å². The van der Waals surface area contributed by atoms with E-state index in [9.17, 15) is 4.79 Å². The number of rotatable bonds is 9. The molecular formula is C29H24ClN3O4S. The molecule has 7 nitrogen and oxygen atoms in total. The number of amides is 1. The van der Waals surface area contributed by atoms with Gasteiger partial charge < -0.3 is 14.2 Å². The Morgan fingerprint density at radius 1 is 0.947 bits per heavy atom. The van der Waals surface area contributed by atoms with Crippen molar-refractivity contribution in [3.63, 3.8) is 0 Å². The summed E-state index contributed by atoms with van der Waals surface area (Å²) in [6.07, 6.45) is 2.39. The molecule has 0 spiro atoms. The second-order valence-electron chi connectivity index (χ2n) is 8.34. The molecule has 2 aliphatic rings. The number of hydrogen-bond acceptors (Lipinski definition) is 6. The monoisotopic (exact) mass is 545 g/mol. The number of thioether (sulfide) groups is 1. The van der Waals surface area contributed by atoms with Gasteiger partial charge in [0.2, 0.25) is 0 Å². The molecule has 0 radical (unpaired) electrons. The predicted octanol–water partition coefficient (Wildman–Crippen LogP) is 6.50. The summed E-state index contributed by atoms with van der Waals surface area (Å²) in [7, 11) is 1.63. The van der Waals surface area contributed by atoms with Gasteiger partial charge in [-0.15, -0.1) is 0 Å². The van der Waals surface area contributed by atoms with E-state index in [4.69, 9.17) is 31.2 Å². The summed E-state index contributed by atoms with van der Waals surface area (Å²) in [6.45, 7) is 1.03. The number of halogens is 1. The van der Waals surface area contributed by atoms with Crippen LogP contribution in [0.25, 0.3) is 11.8 Å². The molecule has 2 heterocycles. The van der Waals surface area contributed by atoms with Crippen molar-refractivity contribution < 1.29 is 19.0 Å². The third-order valence-electron chi connectivity index (χ3n) is 5.84. The van der Waals surface area contributed by atoms with Crippen LogP contribution in [0.3, 0.4) is 0 Å². The summed E-state index contributed by atoms with van der Waals surface area (Å²) in [4.78, 5) is 18.6. The van der Waals surface area contributed by atoms with Crippen LogP contribution in [-0.4, -0.2) is 42.1 Å². The molecule has 2 aliphatic heterocycles. The predicted molar refractivity (Wildman–Crippen MR) is 152 cm³/mol. The minimum Gasteiger partial charge on any atom is -0.497 e. The van der Waals surface area contributed by atoms with Gasteiger partial charge >= 0.3 is 0 Å². The smallest absolute Gasteiger partial charge is 0.283 e. The molecule has 0 fully saturated rings. The molecule has 0 bridgehead atoms. The molecule has 9 heteroatoms. The van der Waals surface area contributed by atoms with E-state index >= 15 is 0 Å². The van der Waals surface area contributed by atoms with Crippen molar-refractivity contribution in [2.45, 2.75) is 6.42 Å². The number of methoxy groups -OCH3 is 1. The summed E-state index contributed by atoms with van der Waals surface area (Å²) < 4.78 is 16.7. The van der Waals surface area contributed by atoms with Gasteiger partial charge in [0.05, 0.1) is 31.6 Å². The van der Waals surface area contributed by atoms with Crippen molar-refractivity contribution in [1.82, 2.24) is 4.90 Å². The largest absolute Gasteiger partial charge is 0.497 e. The summed E-state index contributed by atoms with van der Waals surface area (Å²) in [6, 6.07) is 22.2. The van der Waals surface area contributed by atoms with Gasteiger partial charge in [-0.05, 0) is 54.1 Å². The third kappa shape index (κ3) is 5.61. The number of nitrogens with zero attached hydrogens (tertiary/aromatic N) is 2. The Morgan fingerprint density at radius 3 is 2.24 bits per heavy atom. The van der Waals surface area contributed by atoms with Crippen LogP contribution in [0.4, 0.5) is 0 Å². The third-order valence-corrected chi connectivity index (χ3v) is 7.00. The van der Waals surface area contributed by atoms with Crippen LogP contribution in [-0.2, 0) is 4.79 Å². The number of amidine groups is 2. The van der Waals surface area contributed by atoms with Crippen LogP contribution in [0.2, 0.25) is 5.02 Å². The number of ether oxygens (including phenoxy) is 3. The molecule has 1 amide bonds. The lowest BCUT2D eigenvalue weighted by Gasteiger charge is -2.27. The second kappa shape index (κ2) is 11.6. The summed E-state index contributed by atoms with van der Waals surface area (Å²) >= 11 is 7.70. The topological polar surface area (TPSA) is 84.2 Å². The van der Waals surface area contributed by atoms with Crippen LogP contribution < -0.4 is 14.2 Å². The van der Waals surface area contributed by atoms with E-state index in [1.54, 1.807) is 24.2 Å². The van der Waals surface area contributed by atoms with Gasteiger partial charge in [0.25, 0.3) is 5.91 Å². The van der Waals surface area contributed by atoms with Gasteiger partial charge in [-0.1, -0.05) is 53.7 Å². The minimum atomic E-state index is -0.445. The second-order valence-corrected chi connectivity index (χ2v) is 9.58. The standard InChI is InChI=1S/C29H24ClN3O4S/c1-35-20-11-13-22(14-12-20)37-16-4-15-36-21-9-7-19(8-10-21)17-24-27(31)33-26(18-38-29(33)32-28(24)34)23-5-2-3-6-25(23)30/h2-3,5-14,17-18,31H,4,15-16H2,1H3/b24-17-,31-27?. The summed E-state index contributed by atoms with van der Waals surface area (Å²) in [5.41, 5.74) is 2.48. The average molecular weight is 546 g/mol. The van der Waals surface area contributed by atoms with Crippen LogP contribution >= 0.6 is 23.4 Å². The fourth-order valence-corrected chi connectivity index (χ4v) is 5.01. The SMILES string of the molecule is COc1ccc(OCCCOc2ccc(/C=C3/C(=N)N4C(c5ccccc5Cl)=CSC4=NC3=O)cc2)cc1. The summed E-state index contributed by atoms with van der Waals surface area (Å²) in [5.74, 6) is 1.90. The molecule has 0 atom stereocenters. The van der Waals surface area contributed by atoms with Crippen molar-refractivity contribution in [3.05, 3.63) is 99.9 Å². The zero-order valence-corrected chi connectivity index (χ0v) is 22.1. The number of nitrogens with one attached hydrogen (secondary N) is 1. The number of carbonyl (C=O) groups excluding carboxylic acids is 1. The first kappa shape index (κ1) is 25.6. The normalized spacial score (nSPS) is 15.7. The van der Waals surface area contributed by atoms with Gasteiger partial charge in [0.15, 0.2) is 5.17 Å². The maximum absolute atomic E-state index is 12.7. The zero-order chi connectivity index (χ0) is 26.5. The van der Waals surface area contributed by atoms with Crippen molar-refractivity contribution in [2.24, 2.45) is 4.99 Å². The molecule has 0 saturated heterocycles. The van der Waals surface area contributed by atoms with E-state index in [2.05, 4.69) is 4.99 Å². The number of fused-ring (bicyclic) bond motifs is 1. The van der Waals surface area contributed by atoms with Gasteiger partial charge in [0.1, 0.15) is 23.1 Å². The molecule has 192 valence electrons. The van der Waals surface area contributed by atoms with Gasteiger partial charge in [0, 0.05) is 22.4 Å². The van der Waals surface area contributed by atoms with Crippen LogP contribution in [0.5, 0.6) is 17.2 Å². The Hall–Kier alpha value is -4.01. The maximum atomic E-state index is 12.7. The number of aliphatic imine (C=N–C) groups is 1. The lowest BCUT2D eigenvalue weighted by molar-refractivity contribution is -0.114. The fourth-order valence-electron chi connectivity index (χ4n) is 3.90. The first-order chi connectivity index (χ1) is 18.5. The van der Waals surface area contributed by atoms with Crippen molar-refractivity contribution >= 4 is 52.0 Å². The number of benzene rings is 3. The fraction of sp³-hybridized carbons (Fsp3) is 0.138. The Morgan fingerprint density at radius 2 is 1.58 bits per heavy atom. The van der Waals surface area contributed by atoms with E-state index in [1.165, 1.54) is 11.8 Å². The molecule has 0 aliphatic carbocycles. The Labute approximate surface area is 229 Å². The Kier molecular flexibility index (Phi) is 7.81. The van der Waals surface area contributed by atoms with E-state index in [0.717, 1.165) is 34.7 Å². The van der Waals surface area contributed by atoms with E-state index in [0.29, 0.717) is 29.2 Å². The lowest BCUT2D eigenvalue weighted by atomic mass is 10.1. The molecule has 5 rings (SSSR count). The number of carbonyl (C=O) groups is 1. The molecular weight excluding hydrogens is 522 g/mol. The van der Waals surface area contributed by atoms with Crippen molar-refractivity contribution in [3.8, 4) is 17.2 Å². The highest BCUT2D eigenvalue weighted by atomic mass is 35.5. The highest BCUT2D eigenvalue weighted by Gasteiger charge is 2.36. The minimum absolute atomic E-state index is 0.0633. The first-order valence-corrected chi connectivity index (χ1v) is 13.1. The van der Waals surface area contributed by atoms with Crippen molar-refractivity contribution in [1.29, 1.82) is 5.41 Å². The molecule has 0 saturated carbocycles. The Balaban J connectivity index is 1.19. The van der Waals surface area contributed by atoms with Gasteiger partial charge in [-0.3, -0.25) is 15.1 Å². The molecule has 1 N–H and O–H groups in total. The average Bonchev–Trinajstić information content (AvgIpc) is 3.36. The number of hydrogen-bond donors (Lipinski definition) is 1. The lowest BCUT2D eigenvalue weighted by Crippen LogP contribution is -2.38. The van der Waals surface area contributed by atoms with Crippen LogP contribution in [0.1, 0.15) is 17.5 Å². The highest BCUT2D eigenvalue weighted by molar-refractivity contribution is 8.17. The highest BCUT2D eigenvalue weighted by Crippen LogP contribution is 2.39. The molecule has 38 heavy (non-hydrogen) atoms. The van der Waals surface area contributed by atoms with E-state index in [-0.39, 0.29) is 11.4 Å². The maximum Gasteiger partial charge on any atom is 0.283 e. The first-order valence-electron chi connectivity index (χ1n) is 11.9. The van der Waals surface area contributed by atoms with Gasteiger partial charge in [-0.25, -0.2) is 0 Å². The summed E-state index contributed by atoms with van der Waals surface area (Å²) in [5, 5.41) is 11.7.